The van der Waals surface area contributed by atoms with Crippen molar-refractivity contribution in [2.45, 2.75) is 10.7 Å². The molecule has 2 heterocycles. The predicted octanol–water partition coefficient (Wildman–Crippen LogP) is 4.89. The summed E-state index contributed by atoms with van der Waals surface area (Å²) in [7, 11) is 3.92. The summed E-state index contributed by atoms with van der Waals surface area (Å²) in [4.78, 5) is 20.9. The topological polar surface area (TPSA) is 76.2 Å². The molecule has 3 rings (SSSR count). The van der Waals surface area contributed by atoms with Gasteiger partial charge < -0.3 is 24.0 Å². The number of likely N-dealkylation sites (N-methyl/N-ethyl adjacent to an activating group) is 1. The van der Waals surface area contributed by atoms with Crippen molar-refractivity contribution in [3.05, 3.63) is 35.6 Å². The first kappa shape index (κ1) is 27.5. The third-order valence-electron chi connectivity index (χ3n) is 5.14. The van der Waals surface area contributed by atoms with Gasteiger partial charge in [-0.15, -0.1) is 0 Å². The van der Waals surface area contributed by atoms with Crippen LogP contribution < -0.4 is 15.0 Å². The van der Waals surface area contributed by atoms with Crippen LogP contribution in [-0.2, 0) is 9.47 Å². The average Bonchev–Trinajstić information content (AvgIpc) is 2.79. The Kier molecular flexibility index (Phi) is 9.66. The molecule has 0 atom stereocenters. The van der Waals surface area contributed by atoms with Crippen molar-refractivity contribution < 1.29 is 23.4 Å². The van der Waals surface area contributed by atoms with E-state index in [2.05, 4.69) is 15.2 Å². The lowest BCUT2D eigenvalue weighted by Gasteiger charge is -2.28. The van der Waals surface area contributed by atoms with Gasteiger partial charge in [0.1, 0.15) is 24.8 Å². The van der Waals surface area contributed by atoms with Crippen molar-refractivity contribution in [2.75, 3.05) is 70.4 Å². The van der Waals surface area contributed by atoms with Gasteiger partial charge in [0.15, 0.2) is 0 Å². The van der Waals surface area contributed by atoms with Crippen LogP contribution in [0.2, 0.25) is 0 Å². The van der Waals surface area contributed by atoms with Gasteiger partial charge in [-0.25, -0.2) is 9.18 Å². The predicted molar refractivity (Wildman–Crippen MR) is 137 cm³/mol. The van der Waals surface area contributed by atoms with Crippen molar-refractivity contribution in [3.8, 4) is 17.0 Å². The highest BCUT2D eigenvalue weighted by Crippen LogP contribution is 2.33. The molecule has 0 bridgehead atoms. The smallest absolute Gasteiger partial charge is 0.411 e. The minimum absolute atomic E-state index is 0.0697. The number of nitrogens with one attached hydrogen (secondary N) is 1. The molecule has 1 saturated heterocycles. The number of anilines is 2. The number of rotatable bonds is 8. The molecule has 8 nitrogen and oxygen atoms in total. The summed E-state index contributed by atoms with van der Waals surface area (Å²) in [6, 6.07) is 6.57. The Labute approximate surface area is 219 Å². The van der Waals surface area contributed by atoms with Crippen LogP contribution in [-0.4, -0.2) is 79.9 Å². The van der Waals surface area contributed by atoms with Crippen LogP contribution in [0.15, 0.2) is 24.3 Å². The molecular formula is C23H28Cl3FN4O4. The molecule has 1 N–H and O–H groups in total. The number of aryl methyl sites for hydroxylation is 1. The van der Waals surface area contributed by atoms with Gasteiger partial charge >= 0.3 is 6.09 Å². The number of carbonyl (C=O) groups is 1. The summed E-state index contributed by atoms with van der Waals surface area (Å²) < 4.78 is 29.1. The van der Waals surface area contributed by atoms with Crippen molar-refractivity contribution in [1.82, 2.24) is 9.88 Å². The minimum Gasteiger partial charge on any atom is -0.476 e. The second-order valence-electron chi connectivity index (χ2n) is 8.27. The van der Waals surface area contributed by atoms with Crippen LogP contribution in [0.4, 0.5) is 20.7 Å². The lowest BCUT2D eigenvalue weighted by Crippen LogP contribution is -2.36. The normalized spacial score (nSPS) is 14.2. The summed E-state index contributed by atoms with van der Waals surface area (Å²) in [5.74, 6) is 0.555. The number of hydrogen-bond donors (Lipinski definition) is 1. The molecule has 0 spiro atoms. The number of halogens is 4. The zero-order valence-electron chi connectivity index (χ0n) is 19.7. The first-order valence-corrected chi connectivity index (χ1v) is 12.1. The molecule has 1 aliphatic heterocycles. The highest BCUT2D eigenvalue weighted by Gasteiger charge is 2.23. The van der Waals surface area contributed by atoms with E-state index in [1.807, 2.05) is 25.1 Å². The van der Waals surface area contributed by atoms with E-state index in [0.717, 1.165) is 17.9 Å². The van der Waals surface area contributed by atoms with Gasteiger partial charge in [0.25, 0.3) is 0 Å². The Hall–Kier alpha value is -2.04. The summed E-state index contributed by atoms with van der Waals surface area (Å²) >= 11 is 16.8. The van der Waals surface area contributed by atoms with E-state index in [1.54, 1.807) is 13.0 Å². The Morgan fingerprint density at radius 1 is 1.23 bits per heavy atom. The molecule has 1 aliphatic rings. The fourth-order valence-corrected chi connectivity index (χ4v) is 3.54. The SMILES string of the molecule is Cc1cc(F)c(NC(=O)OCC(Cl)(Cl)Cl)cc1-c1cc(OCCN(C)C)nc(N2CCOCC2)c1. The van der Waals surface area contributed by atoms with Gasteiger partial charge in [-0.1, -0.05) is 34.8 Å². The van der Waals surface area contributed by atoms with Crippen LogP contribution >= 0.6 is 34.8 Å². The number of benzene rings is 1. The van der Waals surface area contributed by atoms with E-state index in [0.29, 0.717) is 49.9 Å². The first-order valence-electron chi connectivity index (χ1n) is 10.9. The van der Waals surface area contributed by atoms with E-state index < -0.39 is 22.3 Å². The molecule has 1 amide bonds. The van der Waals surface area contributed by atoms with Crippen LogP contribution in [0.5, 0.6) is 5.88 Å². The summed E-state index contributed by atoms with van der Waals surface area (Å²) in [5, 5.41) is 2.37. The number of alkyl halides is 3. The number of aromatic nitrogens is 1. The molecule has 0 radical (unpaired) electrons. The van der Waals surface area contributed by atoms with E-state index in [4.69, 9.17) is 49.0 Å². The fourth-order valence-electron chi connectivity index (χ4n) is 3.38. The van der Waals surface area contributed by atoms with Crippen LogP contribution in [0.25, 0.3) is 11.1 Å². The van der Waals surface area contributed by atoms with Gasteiger partial charge in [-0.05, 0) is 55.9 Å². The van der Waals surface area contributed by atoms with Crippen LogP contribution in [0.3, 0.4) is 0 Å². The number of ether oxygens (including phenoxy) is 3. The maximum absolute atomic E-state index is 14.7. The summed E-state index contributed by atoms with van der Waals surface area (Å²) in [6.07, 6.45) is -0.943. The van der Waals surface area contributed by atoms with Crippen molar-refractivity contribution in [3.63, 3.8) is 0 Å². The molecule has 1 aromatic heterocycles. The third kappa shape index (κ3) is 8.54. The Morgan fingerprint density at radius 2 is 1.94 bits per heavy atom. The fraction of sp³-hybridized carbons (Fsp3) is 0.478. The Bertz CT molecular complexity index is 1030. The standard InChI is InChI=1S/C23H28Cl3FN4O4/c1-15-10-18(27)19(28-22(32)35-14-23(24,25)26)13-17(15)16-11-20(31-5-7-33-8-6-31)29-21(12-16)34-9-4-30(2)3/h10-13H,4-9,14H2,1-3H3,(H,28,32). The monoisotopic (exact) mass is 548 g/mol. The van der Waals surface area contributed by atoms with Crippen LogP contribution in [0.1, 0.15) is 5.56 Å². The zero-order chi connectivity index (χ0) is 25.6. The Morgan fingerprint density at radius 3 is 2.60 bits per heavy atom. The molecular weight excluding hydrogens is 522 g/mol. The second kappa shape index (κ2) is 12.3. The van der Waals surface area contributed by atoms with Gasteiger partial charge in [-0.3, -0.25) is 5.32 Å². The van der Waals surface area contributed by atoms with Gasteiger partial charge in [0.05, 0.1) is 18.9 Å². The lowest BCUT2D eigenvalue weighted by molar-refractivity contribution is 0.122. The molecule has 1 fully saturated rings. The summed E-state index contributed by atoms with van der Waals surface area (Å²) in [5.41, 5.74) is 2.05. The van der Waals surface area contributed by atoms with Gasteiger partial charge in [0, 0.05) is 25.7 Å². The highest BCUT2D eigenvalue weighted by molar-refractivity contribution is 6.67. The maximum Gasteiger partial charge on any atom is 0.411 e. The number of hydrogen-bond acceptors (Lipinski definition) is 7. The summed E-state index contributed by atoms with van der Waals surface area (Å²) in [6.45, 7) is 5.06. The minimum atomic E-state index is -1.77. The first-order chi connectivity index (χ1) is 16.5. The van der Waals surface area contributed by atoms with Crippen molar-refractivity contribution in [2.24, 2.45) is 0 Å². The van der Waals surface area contributed by atoms with E-state index in [1.165, 1.54) is 12.1 Å². The number of pyridine rings is 1. The van der Waals surface area contributed by atoms with E-state index >= 15 is 0 Å². The lowest BCUT2D eigenvalue weighted by atomic mass is 10.00. The maximum atomic E-state index is 14.7. The second-order valence-corrected chi connectivity index (χ2v) is 10.8. The molecule has 192 valence electrons. The largest absolute Gasteiger partial charge is 0.476 e. The van der Waals surface area contributed by atoms with Crippen molar-refractivity contribution >= 4 is 52.4 Å². The number of carbonyl (C=O) groups excluding carboxylic acids is 1. The van der Waals surface area contributed by atoms with E-state index in [9.17, 15) is 9.18 Å². The number of morpholine rings is 1. The molecule has 2 aromatic rings. The zero-order valence-corrected chi connectivity index (χ0v) is 22.0. The number of amides is 1. The average molecular weight is 550 g/mol. The highest BCUT2D eigenvalue weighted by atomic mass is 35.6. The Balaban J connectivity index is 1.92. The quantitative estimate of drug-likeness (QED) is 0.470. The van der Waals surface area contributed by atoms with Gasteiger partial charge in [-0.2, -0.15) is 4.98 Å². The molecule has 1 aromatic carbocycles. The molecule has 35 heavy (non-hydrogen) atoms. The molecule has 0 unspecified atom stereocenters. The number of nitrogens with zero attached hydrogens (tertiary/aromatic N) is 3. The van der Waals surface area contributed by atoms with Crippen LogP contribution in [0, 0.1) is 12.7 Å². The van der Waals surface area contributed by atoms with Gasteiger partial charge in [0.2, 0.25) is 9.67 Å². The molecule has 0 saturated carbocycles. The molecule has 12 heteroatoms. The van der Waals surface area contributed by atoms with Crippen molar-refractivity contribution in [1.29, 1.82) is 0 Å². The third-order valence-corrected chi connectivity index (χ3v) is 5.47. The molecule has 0 aliphatic carbocycles. The van der Waals surface area contributed by atoms with E-state index in [-0.39, 0.29) is 5.69 Å².